The summed E-state index contributed by atoms with van der Waals surface area (Å²) >= 11 is 0. The predicted octanol–water partition coefficient (Wildman–Crippen LogP) is 6.55. The first-order valence-electron chi connectivity index (χ1n) is 16.6. The number of hydrogen-bond acceptors (Lipinski definition) is 7. The van der Waals surface area contributed by atoms with Crippen molar-refractivity contribution in [1.29, 1.82) is 0 Å². The van der Waals surface area contributed by atoms with Crippen LogP contribution in [0.5, 0.6) is 0 Å². The summed E-state index contributed by atoms with van der Waals surface area (Å²) in [6.45, 7) is 4.22. The van der Waals surface area contributed by atoms with E-state index < -0.39 is 20.2 Å². The Balaban J connectivity index is 1.02. The fourth-order valence-electron chi connectivity index (χ4n) is 10.6. The summed E-state index contributed by atoms with van der Waals surface area (Å²) in [6.07, 6.45) is 10.8. The standard InChI is InChI=1S/C36H40O7S2/c1-35-17-15-27-25-9-5-23(19-21(25)3-7-29(27)31(35)11-13-33(35)37)44(39,40)43-45(41,42)24-6-10-26-22(20-24)4-8-30-28(26)16-18-36(2)32(30)12-14-34(36)38/h5-7,9-10,19-20,27-28,30-32H,3-4,8,11-18H2,1-2H3/t27-,28-,30-,31+,32+,35+,36+/m1/s1. The first kappa shape index (κ1) is 29.8. The molecule has 0 radical (unpaired) electrons. The molecule has 6 aliphatic carbocycles. The van der Waals surface area contributed by atoms with Crippen LogP contribution in [0.25, 0.3) is 0 Å². The van der Waals surface area contributed by atoms with Gasteiger partial charge in [-0.3, -0.25) is 9.59 Å². The van der Waals surface area contributed by atoms with Crippen molar-refractivity contribution in [2.75, 3.05) is 0 Å². The Kier molecular flexibility index (Phi) is 6.58. The minimum Gasteiger partial charge on any atom is -0.299 e. The van der Waals surface area contributed by atoms with Crippen LogP contribution in [0.15, 0.2) is 57.8 Å². The molecular formula is C36H40O7S2. The van der Waals surface area contributed by atoms with E-state index in [-0.39, 0.29) is 38.4 Å². The van der Waals surface area contributed by atoms with Gasteiger partial charge >= 0.3 is 20.2 Å². The normalized spacial score (nSPS) is 35.4. The molecule has 7 atom stereocenters. The molecule has 4 fully saturated rings. The minimum atomic E-state index is -4.61. The highest BCUT2D eigenvalue weighted by atomic mass is 32.3. The predicted molar refractivity (Wildman–Crippen MR) is 168 cm³/mol. The van der Waals surface area contributed by atoms with Gasteiger partial charge in [0.05, 0.1) is 9.79 Å². The molecule has 0 aromatic heterocycles. The van der Waals surface area contributed by atoms with Gasteiger partial charge in [-0.05, 0) is 128 Å². The van der Waals surface area contributed by atoms with Crippen LogP contribution < -0.4 is 0 Å². The quantitative estimate of drug-likeness (QED) is 0.346. The number of allylic oxidation sites excluding steroid dienone is 2. The smallest absolute Gasteiger partial charge is 0.299 e. The van der Waals surface area contributed by atoms with Gasteiger partial charge in [-0.2, -0.15) is 16.8 Å². The molecule has 2 aromatic carbocycles. The van der Waals surface area contributed by atoms with Crippen molar-refractivity contribution in [2.24, 2.45) is 28.6 Å². The second-order valence-corrected chi connectivity index (χ2v) is 18.3. The molecule has 238 valence electrons. The highest BCUT2D eigenvalue weighted by Crippen LogP contribution is 2.60. The van der Waals surface area contributed by atoms with Crippen LogP contribution in [0, 0.1) is 28.6 Å². The lowest BCUT2D eigenvalue weighted by molar-refractivity contribution is -0.129. The Bertz CT molecular complexity index is 1910. The van der Waals surface area contributed by atoms with Crippen molar-refractivity contribution in [1.82, 2.24) is 0 Å². The molecule has 2 aromatic rings. The van der Waals surface area contributed by atoms with Crippen LogP contribution in [0.3, 0.4) is 0 Å². The zero-order chi connectivity index (χ0) is 31.5. The summed E-state index contributed by atoms with van der Waals surface area (Å²) in [5.74, 6) is 2.20. The summed E-state index contributed by atoms with van der Waals surface area (Å²) in [4.78, 5) is 25.0. The maximum absolute atomic E-state index is 13.4. The molecule has 0 aliphatic heterocycles. The topological polar surface area (TPSA) is 112 Å². The van der Waals surface area contributed by atoms with Crippen molar-refractivity contribution in [3.8, 4) is 0 Å². The number of carbonyl (C=O) groups is 2. The van der Waals surface area contributed by atoms with Crippen molar-refractivity contribution in [3.05, 3.63) is 70.3 Å². The third-order valence-electron chi connectivity index (χ3n) is 13.0. The second kappa shape index (κ2) is 9.94. The number of rotatable bonds is 4. The van der Waals surface area contributed by atoms with E-state index in [1.165, 1.54) is 17.7 Å². The monoisotopic (exact) mass is 648 g/mol. The molecule has 0 unspecified atom stereocenters. The van der Waals surface area contributed by atoms with Gasteiger partial charge in [-0.1, -0.05) is 37.6 Å². The highest BCUT2D eigenvalue weighted by Gasteiger charge is 2.55. The third kappa shape index (κ3) is 4.36. The average molecular weight is 649 g/mol. The molecule has 0 spiro atoms. The van der Waals surface area contributed by atoms with E-state index in [2.05, 4.69) is 19.9 Å². The fourth-order valence-corrected chi connectivity index (χ4v) is 13.2. The fraction of sp³-hybridized carbons (Fsp3) is 0.556. The van der Waals surface area contributed by atoms with E-state index in [4.69, 9.17) is 3.63 Å². The summed E-state index contributed by atoms with van der Waals surface area (Å²) < 4.78 is 58.5. The Morgan fingerprint density at radius 3 is 2.11 bits per heavy atom. The largest absolute Gasteiger partial charge is 0.311 e. The van der Waals surface area contributed by atoms with Gasteiger partial charge in [0.1, 0.15) is 11.6 Å². The number of hydrogen-bond donors (Lipinski definition) is 0. The zero-order valence-electron chi connectivity index (χ0n) is 25.9. The molecule has 0 N–H and O–H groups in total. The van der Waals surface area contributed by atoms with Crippen molar-refractivity contribution < 1.29 is 30.1 Å². The number of ketones is 2. The van der Waals surface area contributed by atoms with Crippen LogP contribution in [0.1, 0.15) is 106 Å². The Labute approximate surface area is 266 Å². The lowest BCUT2D eigenvalue weighted by Crippen LogP contribution is -2.42. The SMILES string of the molecule is C[C@]12CC[C@H]3C(=CCc4cc(S(=O)(=O)OS(=O)(=O)c5ccc6c(c5)CC[C@@H]5[C@@H]6CC[C@]6(C)C(=O)CC[C@@H]56)ccc43)[C@@H]1CCC2=O. The molecule has 9 heteroatoms. The molecule has 4 saturated carbocycles. The average Bonchev–Trinajstić information content (AvgIpc) is 3.49. The minimum absolute atomic E-state index is 0.151. The molecular weight excluding hydrogens is 609 g/mol. The van der Waals surface area contributed by atoms with Crippen LogP contribution >= 0.6 is 0 Å². The highest BCUT2D eigenvalue weighted by molar-refractivity contribution is 7.99. The number of carbonyl (C=O) groups excluding carboxylic acids is 2. The Morgan fingerprint density at radius 2 is 1.36 bits per heavy atom. The summed E-state index contributed by atoms with van der Waals surface area (Å²) in [6, 6.07) is 9.72. The van der Waals surface area contributed by atoms with E-state index in [0.29, 0.717) is 49.1 Å². The second-order valence-electron chi connectivity index (χ2n) is 15.0. The van der Waals surface area contributed by atoms with Gasteiger partial charge in [0.15, 0.2) is 0 Å². The van der Waals surface area contributed by atoms with Crippen molar-refractivity contribution in [2.45, 2.75) is 106 Å². The van der Waals surface area contributed by atoms with Gasteiger partial charge in [-0.15, -0.1) is 3.63 Å². The van der Waals surface area contributed by atoms with Gasteiger partial charge in [0, 0.05) is 29.6 Å². The first-order valence-corrected chi connectivity index (χ1v) is 19.4. The Morgan fingerprint density at radius 1 is 0.711 bits per heavy atom. The number of Topliss-reactive ketones (excluding diaryl/α,β-unsaturated/α-hetero) is 2. The molecule has 6 aliphatic rings. The third-order valence-corrected chi connectivity index (χ3v) is 16.1. The molecule has 45 heavy (non-hydrogen) atoms. The van der Waals surface area contributed by atoms with Gasteiger partial charge < -0.3 is 0 Å². The maximum atomic E-state index is 13.4. The lowest BCUT2D eigenvalue weighted by atomic mass is 9.55. The lowest BCUT2D eigenvalue weighted by Gasteiger charge is -2.48. The molecule has 7 nitrogen and oxygen atoms in total. The molecule has 0 amide bonds. The van der Waals surface area contributed by atoms with Crippen LogP contribution in [-0.4, -0.2) is 28.4 Å². The van der Waals surface area contributed by atoms with Crippen LogP contribution in [0.4, 0.5) is 0 Å². The summed E-state index contributed by atoms with van der Waals surface area (Å²) in [7, 11) is -9.21. The molecule has 0 saturated heterocycles. The van der Waals surface area contributed by atoms with E-state index >= 15 is 0 Å². The molecule has 0 bridgehead atoms. The van der Waals surface area contributed by atoms with E-state index in [1.807, 2.05) is 6.07 Å². The zero-order valence-corrected chi connectivity index (χ0v) is 27.5. The van der Waals surface area contributed by atoms with Gasteiger partial charge in [0.25, 0.3) is 0 Å². The van der Waals surface area contributed by atoms with Gasteiger partial charge in [-0.25, -0.2) is 0 Å². The molecule has 0 heterocycles. The van der Waals surface area contributed by atoms with Crippen LogP contribution in [-0.2, 0) is 46.3 Å². The van der Waals surface area contributed by atoms with Crippen LogP contribution in [0.2, 0.25) is 0 Å². The van der Waals surface area contributed by atoms with E-state index in [9.17, 15) is 26.4 Å². The van der Waals surface area contributed by atoms with Crippen molar-refractivity contribution >= 4 is 31.8 Å². The summed E-state index contributed by atoms with van der Waals surface area (Å²) in [5, 5.41) is 0. The van der Waals surface area contributed by atoms with E-state index in [0.717, 1.165) is 67.2 Å². The maximum Gasteiger partial charge on any atom is 0.311 e. The number of benzene rings is 2. The van der Waals surface area contributed by atoms with Crippen molar-refractivity contribution in [3.63, 3.8) is 0 Å². The number of fused-ring (bicyclic) bond motifs is 10. The first-order chi connectivity index (χ1) is 21.3. The Hall–Kier alpha value is -2.62. The van der Waals surface area contributed by atoms with E-state index in [1.54, 1.807) is 18.2 Å². The summed E-state index contributed by atoms with van der Waals surface area (Å²) in [5.41, 5.74) is 4.75. The number of aryl methyl sites for hydroxylation is 1. The van der Waals surface area contributed by atoms with Gasteiger partial charge in [0.2, 0.25) is 0 Å². The molecule has 8 rings (SSSR count).